The molecule has 4 atom stereocenters. The number of ether oxygens (including phenoxy) is 2. The maximum Gasteiger partial charge on any atom is 0.215 e. The van der Waals surface area contributed by atoms with Crippen LogP contribution >= 0.6 is 0 Å². The highest BCUT2D eigenvalue weighted by Crippen LogP contribution is 2.62. The number of sulfonamides is 1. The number of nitrogens with one attached hydrogen (secondary N) is 1. The largest absolute Gasteiger partial charge is 0.493 e. The topological polar surface area (TPSA) is 64.6 Å². The van der Waals surface area contributed by atoms with E-state index in [1.807, 2.05) is 24.3 Å². The molecule has 0 bridgehead atoms. The summed E-state index contributed by atoms with van der Waals surface area (Å²) in [6.07, 6.45) is 2.06. The van der Waals surface area contributed by atoms with Crippen LogP contribution in [0.1, 0.15) is 42.4 Å². The van der Waals surface area contributed by atoms with Crippen molar-refractivity contribution >= 4 is 10.0 Å². The smallest absolute Gasteiger partial charge is 0.215 e. The second-order valence-electron chi connectivity index (χ2n) is 8.93. The third-order valence-corrected chi connectivity index (χ3v) is 8.67. The summed E-state index contributed by atoms with van der Waals surface area (Å²) < 4.78 is 55.0. The van der Waals surface area contributed by atoms with Crippen molar-refractivity contribution in [3.8, 4) is 11.5 Å². The number of halogens is 1. The zero-order valence-electron chi connectivity index (χ0n) is 17.6. The van der Waals surface area contributed by atoms with Crippen molar-refractivity contribution in [2.24, 2.45) is 5.92 Å². The summed E-state index contributed by atoms with van der Waals surface area (Å²) in [6.45, 7) is 0.258. The first kappa shape index (κ1) is 20.8. The molecule has 3 aliphatic rings. The third kappa shape index (κ3) is 3.42. The minimum Gasteiger partial charge on any atom is -0.493 e. The molecule has 2 aromatic rings. The Morgan fingerprint density at radius 2 is 1.97 bits per heavy atom. The van der Waals surface area contributed by atoms with E-state index in [1.165, 1.54) is 5.56 Å². The lowest BCUT2D eigenvalue weighted by Gasteiger charge is -2.49. The van der Waals surface area contributed by atoms with Crippen molar-refractivity contribution in [1.82, 2.24) is 4.72 Å². The van der Waals surface area contributed by atoms with Gasteiger partial charge in [0.2, 0.25) is 10.0 Å². The molecule has 1 saturated carbocycles. The van der Waals surface area contributed by atoms with Crippen LogP contribution in [0.15, 0.2) is 42.5 Å². The summed E-state index contributed by atoms with van der Waals surface area (Å²) in [7, 11) is -1.89. The molecule has 2 aliphatic carbocycles. The van der Waals surface area contributed by atoms with E-state index < -0.39 is 27.7 Å². The second-order valence-corrected chi connectivity index (χ2v) is 10.7. The first-order chi connectivity index (χ1) is 14.9. The van der Waals surface area contributed by atoms with Crippen LogP contribution in [0.25, 0.3) is 0 Å². The van der Waals surface area contributed by atoms with Crippen LogP contribution in [-0.2, 0) is 27.6 Å². The SMILES string of the molecule is COc1ccc2c3c1O[C@@H]1C(F)CCC(CC2)[C@]31CCNS(=O)(=O)Cc1ccccc1. The fraction of sp³-hybridized carbons (Fsp3) is 0.500. The summed E-state index contributed by atoms with van der Waals surface area (Å²) >= 11 is 0. The fourth-order valence-corrected chi connectivity index (χ4v) is 7.18. The Kier molecular flexibility index (Phi) is 5.21. The molecule has 1 aliphatic heterocycles. The van der Waals surface area contributed by atoms with Crippen LogP contribution in [0.4, 0.5) is 4.39 Å². The first-order valence-electron chi connectivity index (χ1n) is 11.0. The zero-order valence-corrected chi connectivity index (χ0v) is 18.5. The van der Waals surface area contributed by atoms with Crippen molar-refractivity contribution in [3.05, 3.63) is 59.2 Å². The van der Waals surface area contributed by atoms with E-state index in [2.05, 4.69) is 10.8 Å². The van der Waals surface area contributed by atoms with Gasteiger partial charge in [-0.2, -0.15) is 0 Å². The average Bonchev–Trinajstić information content (AvgIpc) is 3.11. The Balaban J connectivity index is 1.44. The van der Waals surface area contributed by atoms with Crippen LogP contribution in [0.5, 0.6) is 11.5 Å². The Labute approximate surface area is 183 Å². The molecular formula is C24H28FNO4S. The van der Waals surface area contributed by atoms with Gasteiger partial charge >= 0.3 is 0 Å². The molecule has 7 heteroatoms. The standard InChI is InChI=1S/C24H28FNO4S/c1-29-20-12-8-17-7-9-18-10-11-19(25)23-24(18,21(17)22(20)30-23)13-14-26-31(27,28)15-16-5-3-2-4-6-16/h2-6,8,12,18-19,23,26H,7,9-11,13-15H2,1H3/t18?,19?,23-,24-/m1/s1. The number of benzene rings is 2. The lowest BCUT2D eigenvalue weighted by atomic mass is 9.55. The Bertz CT molecular complexity index is 1070. The number of alkyl halides is 1. The van der Waals surface area contributed by atoms with E-state index in [4.69, 9.17) is 9.47 Å². The fourth-order valence-electron chi connectivity index (χ4n) is 6.04. The average molecular weight is 446 g/mol. The maximum atomic E-state index is 15.2. The molecular weight excluding hydrogens is 417 g/mol. The molecule has 1 fully saturated rings. The molecule has 1 N–H and O–H groups in total. The minimum absolute atomic E-state index is 0.0639. The van der Waals surface area contributed by atoms with Crippen molar-refractivity contribution in [1.29, 1.82) is 0 Å². The molecule has 2 aromatic carbocycles. The van der Waals surface area contributed by atoms with Gasteiger partial charge in [-0.1, -0.05) is 36.4 Å². The van der Waals surface area contributed by atoms with Crippen LogP contribution in [0, 0.1) is 5.92 Å². The van der Waals surface area contributed by atoms with Gasteiger partial charge in [0.15, 0.2) is 11.5 Å². The lowest BCUT2D eigenvalue weighted by molar-refractivity contribution is -0.0215. The Hall–Kier alpha value is -2.12. The number of aryl methyl sites for hydroxylation is 1. The summed E-state index contributed by atoms with van der Waals surface area (Å²) in [4.78, 5) is 0. The predicted molar refractivity (Wildman–Crippen MR) is 117 cm³/mol. The van der Waals surface area contributed by atoms with E-state index in [1.54, 1.807) is 19.2 Å². The summed E-state index contributed by atoms with van der Waals surface area (Å²) in [6, 6.07) is 13.1. The van der Waals surface area contributed by atoms with Gasteiger partial charge in [0.1, 0.15) is 12.3 Å². The van der Waals surface area contributed by atoms with Crippen molar-refractivity contribution in [3.63, 3.8) is 0 Å². The monoisotopic (exact) mass is 445 g/mol. The molecule has 0 spiro atoms. The van der Waals surface area contributed by atoms with Crippen LogP contribution < -0.4 is 14.2 Å². The van der Waals surface area contributed by atoms with Crippen molar-refractivity contribution in [2.75, 3.05) is 13.7 Å². The van der Waals surface area contributed by atoms with Gasteiger partial charge in [-0.3, -0.25) is 0 Å². The van der Waals surface area contributed by atoms with E-state index in [0.29, 0.717) is 24.3 Å². The second kappa shape index (κ2) is 7.78. The molecule has 1 heterocycles. The zero-order chi connectivity index (χ0) is 21.6. The Morgan fingerprint density at radius 3 is 2.74 bits per heavy atom. The molecule has 0 radical (unpaired) electrons. The van der Waals surface area contributed by atoms with E-state index in [0.717, 1.165) is 30.4 Å². The quantitative estimate of drug-likeness (QED) is 0.702. The molecule has 166 valence electrons. The highest BCUT2D eigenvalue weighted by molar-refractivity contribution is 7.88. The van der Waals surface area contributed by atoms with Gasteiger partial charge in [0.25, 0.3) is 0 Å². The van der Waals surface area contributed by atoms with Crippen LogP contribution in [0.3, 0.4) is 0 Å². The molecule has 0 saturated heterocycles. The molecule has 2 unspecified atom stereocenters. The highest BCUT2D eigenvalue weighted by Gasteiger charge is 2.61. The summed E-state index contributed by atoms with van der Waals surface area (Å²) in [5, 5.41) is 0. The predicted octanol–water partition coefficient (Wildman–Crippen LogP) is 3.90. The number of methoxy groups -OCH3 is 1. The van der Waals surface area contributed by atoms with Gasteiger partial charge in [0, 0.05) is 17.5 Å². The number of hydrogen-bond donors (Lipinski definition) is 1. The van der Waals surface area contributed by atoms with Crippen LogP contribution in [0.2, 0.25) is 0 Å². The van der Waals surface area contributed by atoms with Gasteiger partial charge in [-0.05, 0) is 55.2 Å². The summed E-state index contributed by atoms with van der Waals surface area (Å²) in [5.74, 6) is 1.51. The van der Waals surface area contributed by atoms with E-state index in [9.17, 15) is 8.42 Å². The lowest BCUT2D eigenvalue weighted by Crippen LogP contribution is -2.55. The van der Waals surface area contributed by atoms with Gasteiger partial charge in [-0.15, -0.1) is 0 Å². The summed E-state index contributed by atoms with van der Waals surface area (Å²) in [5.41, 5.74) is 2.46. The van der Waals surface area contributed by atoms with Gasteiger partial charge in [0.05, 0.1) is 12.9 Å². The maximum absolute atomic E-state index is 15.2. The highest BCUT2D eigenvalue weighted by atomic mass is 32.2. The number of hydrogen-bond acceptors (Lipinski definition) is 4. The third-order valence-electron chi connectivity index (χ3n) is 7.32. The Morgan fingerprint density at radius 1 is 1.16 bits per heavy atom. The van der Waals surface area contributed by atoms with Crippen LogP contribution in [-0.4, -0.2) is 34.3 Å². The van der Waals surface area contributed by atoms with E-state index >= 15 is 4.39 Å². The van der Waals surface area contributed by atoms with E-state index in [-0.39, 0.29) is 18.2 Å². The van der Waals surface area contributed by atoms with Crippen molar-refractivity contribution in [2.45, 2.75) is 55.5 Å². The first-order valence-corrected chi connectivity index (χ1v) is 12.6. The molecule has 31 heavy (non-hydrogen) atoms. The normalized spacial score (nSPS) is 28.6. The van der Waals surface area contributed by atoms with Gasteiger partial charge < -0.3 is 9.47 Å². The number of rotatable bonds is 7. The van der Waals surface area contributed by atoms with Crippen molar-refractivity contribution < 1.29 is 22.3 Å². The van der Waals surface area contributed by atoms with Gasteiger partial charge in [-0.25, -0.2) is 17.5 Å². The molecule has 5 rings (SSSR count). The molecule has 5 nitrogen and oxygen atoms in total. The molecule has 0 aromatic heterocycles. The minimum atomic E-state index is -3.49. The molecule has 0 amide bonds.